The first-order chi connectivity index (χ1) is 6.59. The van der Waals surface area contributed by atoms with Gasteiger partial charge in [-0.15, -0.1) is 5.57 Å². The Bertz CT molecular complexity index is 435. The second kappa shape index (κ2) is 4.49. The van der Waals surface area contributed by atoms with Crippen molar-refractivity contribution in [1.29, 1.82) is 0 Å². The van der Waals surface area contributed by atoms with Crippen LogP contribution in [0.5, 0.6) is 0 Å². The number of hydrogen-bond donors (Lipinski definition) is 1. The van der Waals surface area contributed by atoms with E-state index in [9.17, 15) is 0 Å². The van der Waals surface area contributed by atoms with E-state index in [1.165, 1.54) is 28.0 Å². The molecule has 0 amide bonds. The standard InChI is InChI=1S/C13H16N.Ru/c1-8-5-6-12(10(8)3)13-7-9(2)14-11(13)4;/h5,14H,6H2,1-4H3;/q-1;+1. The van der Waals surface area contributed by atoms with Gasteiger partial charge in [0.1, 0.15) is 0 Å². The number of aromatic nitrogens is 1. The molecule has 2 rings (SSSR count). The molecular weight excluding hydrogens is 271 g/mol. The van der Waals surface area contributed by atoms with E-state index in [0.717, 1.165) is 12.1 Å². The Labute approximate surface area is 104 Å². The first-order valence-electron chi connectivity index (χ1n) is 5.05. The molecule has 1 radical (unpaired) electrons. The molecule has 15 heavy (non-hydrogen) atoms. The van der Waals surface area contributed by atoms with Crippen LogP contribution >= 0.6 is 0 Å². The summed E-state index contributed by atoms with van der Waals surface area (Å²) < 4.78 is 0. The van der Waals surface area contributed by atoms with Gasteiger partial charge in [0.15, 0.2) is 0 Å². The molecule has 1 heterocycles. The zero-order valence-corrected chi connectivity index (χ0v) is 11.4. The van der Waals surface area contributed by atoms with Crippen LogP contribution in [-0.4, -0.2) is 4.98 Å². The molecule has 0 aromatic carbocycles. The predicted molar refractivity (Wildman–Crippen MR) is 60.1 cm³/mol. The third-order valence-corrected chi connectivity index (χ3v) is 3.02. The first-order valence-corrected chi connectivity index (χ1v) is 5.05. The quantitative estimate of drug-likeness (QED) is 0.600. The molecule has 1 nitrogen and oxygen atoms in total. The fourth-order valence-electron chi connectivity index (χ4n) is 2.05. The molecule has 0 fully saturated rings. The average molecular weight is 287 g/mol. The van der Waals surface area contributed by atoms with Crippen molar-refractivity contribution in [1.82, 2.24) is 4.98 Å². The van der Waals surface area contributed by atoms with Crippen LogP contribution in [0.15, 0.2) is 17.2 Å². The third kappa shape index (κ3) is 2.15. The van der Waals surface area contributed by atoms with Crippen LogP contribution in [0, 0.1) is 19.9 Å². The third-order valence-electron chi connectivity index (χ3n) is 3.02. The summed E-state index contributed by atoms with van der Waals surface area (Å²) >= 11 is 0. The Balaban J connectivity index is 0.00000112. The maximum absolute atomic E-state index is 3.39. The number of allylic oxidation sites excluding steroid dienone is 4. The summed E-state index contributed by atoms with van der Waals surface area (Å²) in [7, 11) is 0. The van der Waals surface area contributed by atoms with E-state index in [0.29, 0.717) is 0 Å². The van der Waals surface area contributed by atoms with Crippen LogP contribution in [0.25, 0.3) is 5.57 Å². The van der Waals surface area contributed by atoms with E-state index in [-0.39, 0.29) is 19.5 Å². The Morgan fingerprint density at radius 2 is 1.87 bits per heavy atom. The summed E-state index contributed by atoms with van der Waals surface area (Å²) in [5, 5.41) is 0. The predicted octanol–water partition coefficient (Wildman–Crippen LogP) is 3.55. The first kappa shape index (κ1) is 12.5. The Kier molecular flexibility index (Phi) is 3.73. The van der Waals surface area contributed by atoms with E-state index in [2.05, 4.69) is 44.8 Å². The van der Waals surface area contributed by atoms with Gasteiger partial charge in [-0.25, -0.2) is 0 Å². The number of hydrogen-bond acceptors (Lipinski definition) is 0. The van der Waals surface area contributed by atoms with Crippen LogP contribution < -0.4 is 0 Å². The molecule has 2 heteroatoms. The van der Waals surface area contributed by atoms with Crippen LogP contribution in [0.3, 0.4) is 0 Å². The van der Waals surface area contributed by atoms with Gasteiger partial charge in [0, 0.05) is 0 Å². The van der Waals surface area contributed by atoms with Crippen LogP contribution in [0.1, 0.15) is 37.2 Å². The largest absolute Gasteiger partial charge is 1.00 e. The molecule has 0 spiro atoms. The van der Waals surface area contributed by atoms with Gasteiger partial charge >= 0.3 is 19.5 Å². The van der Waals surface area contributed by atoms with Gasteiger partial charge < -0.3 is 4.98 Å². The van der Waals surface area contributed by atoms with Crippen molar-refractivity contribution in [3.05, 3.63) is 40.2 Å². The molecule has 81 valence electrons. The number of aromatic amines is 1. The summed E-state index contributed by atoms with van der Waals surface area (Å²) in [6.45, 7) is 8.55. The van der Waals surface area contributed by atoms with E-state index in [1.54, 1.807) is 0 Å². The Morgan fingerprint density at radius 1 is 1.20 bits per heavy atom. The maximum atomic E-state index is 3.39. The Morgan fingerprint density at radius 3 is 2.27 bits per heavy atom. The smallest absolute Gasteiger partial charge is 0.425 e. The van der Waals surface area contributed by atoms with E-state index in [1.807, 2.05) is 0 Å². The zero-order chi connectivity index (χ0) is 10.3. The summed E-state index contributed by atoms with van der Waals surface area (Å²) in [6.07, 6.45) is 3.35. The van der Waals surface area contributed by atoms with Gasteiger partial charge in [0.2, 0.25) is 0 Å². The number of aryl methyl sites for hydroxylation is 2. The summed E-state index contributed by atoms with van der Waals surface area (Å²) in [5.74, 6) is 0. The molecule has 1 aromatic rings. The van der Waals surface area contributed by atoms with Crippen molar-refractivity contribution in [3.63, 3.8) is 0 Å². The molecule has 1 aromatic heterocycles. The molecule has 1 aliphatic carbocycles. The van der Waals surface area contributed by atoms with Gasteiger partial charge in [-0.1, -0.05) is 48.9 Å². The fourth-order valence-corrected chi connectivity index (χ4v) is 2.05. The normalized spacial score (nSPS) is 15.3. The fraction of sp³-hybridized carbons (Fsp3) is 0.385. The second-order valence-corrected chi connectivity index (χ2v) is 4.07. The van der Waals surface area contributed by atoms with Gasteiger partial charge in [0.25, 0.3) is 0 Å². The molecule has 1 aliphatic rings. The average Bonchev–Trinajstić information content (AvgIpc) is 2.59. The number of rotatable bonds is 1. The van der Waals surface area contributed by atoms with Gasteiger partial charge in [0.05, 0.1) is 0 Å². The molecule has 0 unspecified atom stereocenters. The minimum Gasteiger partial charge on any atom is -0.425 e. The van der Waals surface area contributed by atoms with Crippen molar-refractivity contribution in [2.45, 2.75) is 34.1 Å². The molecular formula is C13H16NRu. The molecule has 0 bridgehead atoms. The monoisotopic (exact) mass is 288 g/mol. The van der Waals surface area contributed by atoms with Crippen molar-refractivity contribution in [3.8, 4) is 0 Å². The van der Waals surface area contributed by atoms with Gasteiger partial charge in [-0.3, -0.25) is 0 Å². The van der Waals surface area contributed by atoms with Crippen molar-refractivity contribution < 1.29 is 19.5 Å². The van der Waals surface area contributed by atoms with Crippen molar-refractivity contribution in [2.75, 3.05) is 0 Å². The molecule has 0 atom stereocenters. The van der Waals surface area contributed by atoms with Crippen molar-refractivity contribution in [2.24, 2.45) is 0 Å². The van der Waals surface area contributed by atoms with Crippen molar-refractivity contribution >= 4 is 5.57 Å². The minimum atomic E-state index is 0. The van der Waals surface area contributed by atoms with Crippen LogP contribution in [0.2, 0.25) is 0 Å². The summed E-state index contributed by atoms with van der Waals surface area (Å²) in [6, 6.07) is 3.39. The van der Waals surface area contributed by atoms with Crippen LogP contribution in [0.4, 0.5) is 0 Å². The second-order valence-electron chi connectivity index (χ2n) is 4.07. The summed E-state index contributed by atoms with van der Waals surface area (Å²) in [5.41, 5.74) is 7.90. The molecule has 0 saturated carbocycles. The zero-order valence-electron chi connectivity index (χ0n) is 9.64. The van der Waals surface area contributed by atoms with Crippen LogP contribution in [-0.2, 0) is 19.5 Å². The molecule has 1 N–H and O–H groups in total. The SMILES string of the molecule is CC1=CCC(c2[c-]c(C)[nH]c2C)=C1C.[Ru+]. The topological polar surface area (TPSA) is 15.8 Å². The molecule has 0 saturated heterocycles. The van der Waals surface area contributed by atoms with E-state index >= 15 is 0 Å². The van der Waals surface area contributed by atoms with E-state index < -0.39 is 0 Å². The minimum absolute atomic E-state index is 0. The Hall–Kier alpha value is -0.617. The summed E-state index contributed by atoms with van der Waals surface area (Å²) in [4.78, 5) is 3.31. The van der Waals surface area contributed by atoms with E-state index in [4.69, 9.17) is 0 Å². The number of nitrogens with one attached hydrogen (secondary N) is 1. The van der Waals surface area contributed by atoms with Gasteiger partial charge in [-0.05, 0) is 13.8 Å². The van der Waals surface area contributed by atoms with Gasteiger partial charge in [-0.2, -0.15) is 11.6 Å². The number of H-pyrrole nitrogens is 1. The maximum Gasteiger partial charge on any atom is 1.00 e. The molecule has 0 aliphatic heterocycles.